The predicted molar refractivity (Wildman–Crippen MR) is 145 cm³/mol. The molecular formula is C32H42O6. The molecule has 2 fully saturated rings. The topological polar surface area (TPSA) is 82.1 Å². The molecule has 0 aromatic heterocycles. The van der Waals surface area contributed by atoms with Crippen molar-refractivity contribution in [1.82, 2.24) is 0 Å². The van der Waals surface area contributed by atoms with E-state index in [0.717, 1.165) is 49.7 Å². The fraction of sp³-hybridized carbons (Fsp3) is 0.562. The van der Waals surface area contributed by atoms with E-state index in [2.05, 4.69) is 0 Å². The minimum atomic E-state index is -0.742. The molecule has 38 heavy (non-hydrogen) atoms. The quantitative estimate of drug-likeness (QED) is 0.196. The van der Waals surface area contributed by atoms with Crippen LogP contribution in [0.15, 0.2) is 60.7 Å². The van der Waals surface area contributed by atoms with Crippen LogP contribution in [0.3, 0.4) is 0 Å². The molecule has 2 aliphatic carbocycles. The number of esters is 1. The lowest BCUT2D eigenvalue weighted by Gasteiger charge is -2.29. The molecule has 0 heterocycles. The number of ketones is 1. The number of benzene rings is 2. The van der Waals surface area contributed by atoms with Crippen molar-refractivity contribution < 1.29 is 28.9 Å². The van der Waals surface area contributed by atoms with Gasteiger partial charge in [0.25, 0.3) is 0 Å². The van der Waals surface area contributed by atoms with Crippen molar-refractivity contribution in [2.24, 2.45) is 17.8 Å². The number of hydrogen-bond donors (Lipinski definition) is 1. The van der Waals surface area contributed by atoms with Crippen LogP contribution in [0.5, 0.6) is 0 Å². The molecule has 2 aromatic rings. The molecule has 0 radical (unpaired) electrons. The first-order valence-corrected chi connectivity index (χ1v) is 14.3. The Kier molecular flexibility index (Phi) is 11.4. The van der Waals surface area contributed by atoms with E-state index in [0.29, 0.717) is 45.7 Å². The summed E-state index contributed by atoms with van der Waals surface area (Å²) in [5.41, 5.74) is 2.27. The van der Waals surface area contributed by atoms with Crippen LogP contribution in [0, 0.1) is 17.8 Å². The number of carbonyl (C=O) groups excluding carboxylic acids is 2. The van der Waals surface area contributed by atoms with Crippen molar-refractivity contribution in [2.75, 3.05) is 13.2 Å². The Hall–Kier alpha value is -2.54. The molecule has 1 N–H and O–H groups in total. The molecule has 206 valence electrons. The number of aliphatic hydroxyl groups is 1. The first kappa shape index (κ1) is 28.5. The fourth-order valence-corrected chi connectivity index (χ4v) is 5.91. The van der Waals surface area contributed by atoms with Crippen molar-refractivity contribution in [3.05, 3.63) is 71.8 Å². The number of Topliss-reactive ketones (excluding diaryl/α,β-unsaturated/α-hetero) is 1. The van der Waals surface area contributed by atoms with Gasteiger partial charge in [-0.2, -0.15) is 0 Å². The molecule has 6 nitrogen and oxygen atoms in total. The van der Waals surface area contributed by atoms with Crippen LogP contribution in [-0.2, 0) is 37.0 Å². The monoisotopic (exact) mass is 522 g/mol. The summed E-state index contributed by atoms with van der Waals surface area (Å²) < 4.78 is 17.5. The summed E-state index contributed by atoms with van der Waals surface area (Å²) in [4.78, 5) is 26.3. The third-order valence-corrected chi connectivity index (χ3v) is 7.95. The third kappa shape index (κ3) is 8.48. The first-order valence-electron chi connectivity index (χ1n) is 14.3. The Labute approximate surface area is 226 Å². The molecule has 0 amide bonds. The maximum Gasteiger partial charge on any atom is 0.317 e. The van der Waals surface area contributed by atoms with Gasteiger partial charge in [0.15, 0.2) is 0 Å². The average molecular weight is 523 g/mol. The number of carbonyl (C=O) groups is 2. The standard InChI is InChI=1S/C32H42O6/c33-28-17-7-8-18-30(28)38-32(35)31-27(16-10-20-37-23-25-13-5-2-6-14-25)26(21-29(31)34)15-9-19-36-22-24-11-3-1-4-12-24/h1-6,11-14,26-28,30-31,33H,7-10,15-23H2/t26-,27+,28-,30-,31-/m1/s1. The van der Waals surface area contributed by atoms with Crippen molar-refractivity contribution in [2.45, 2.75) is 83.2 Å². The van der Waals surface area contributed by atoms with E-state index in [-0.39, 0.29) is 17.6 Å². The van der Waals surface area contributed by atoms with Gasteiger partial charge in [0.05, 0.1) is 19.3 Å². The van der Waals surface area contributed by atoms with Gasteiger partial charge in [-0.3, -0.25) is 9.59 Å². The van der Waals surface area contributed by atoms with Gasteiger partial charge in [-0.15, -0.1) is 0 Å². The van der Waals surface area contributed by atoms with E-state index < -0.39 is 24.1 Å². The lowest BCUT2D eigenvalue weighted by atomic mass is 9.83. The fourth-order valence-electron chi connectivity index (χ4n) is 5.91. The van der Waals surface area contributed by atoms with Crippen LogP contribution >= 0.6 is 0 Å². The second kappa shape index (κ2) is 15.2. The summed E-state index contributed by atoms with van der Waals surface area (Å²) in [7, 11) is 0. The molecule has 0 unspecified atom stereocenters. The zero-order valence-electron chi connectivity index (χ0n) is 22.3. The summed E-state index contributed by atoms with van der Waals surface area (Å²) in [6.07, 6.45) is 5.65. The third-order valence-electron chi connectivity index (χ3n) is 7.95. The lowest BCUT2D eigenvalue weighted by molar-refractivity contribution is -0.165. The van der Waals surface area contributed by atoms with Crippen LogP contribution in [0.2, 0.25) is 0 Å². The van der Waals surface area contributed by atoms with Gasteiger partial charge in [0.2, 0.25) is 0 Å². The highest BCUT2D eigenvalue weighted by Gasteiger charge is 2.47. The molecule has 0 saturated heterocycles. The highest BCUT2D eigenvalue weighted by molar-refractivity contribution is 6.01. The summed E-state index contributed by atoms with van der Waals surface area (Å²) in [5, 5.41) is 10.3. The molecule has 2 saturated carbocycles. The SMILES string of the molecule is O=C1C[C@@H](CCCOCc2ccccc2)[C@H](CCCOCc2ccccc2)[C@H]1C(=O)O[C@@H]1CCCC[C@H]1O. The Morgan fingerprint density at radius 2 is 1.39 bits per heavy atom. The minimum Gasteiger partial charge on any atom is -0.459 e. The highest BCUT2D eigenvalue weighted by atomic mass is 16.6. The second-order valence-corrected chi connectivity index (χ2v) is 10.8. The highest BCUT2D eigenvalue weighted by Crippen LogP contribution is 2.41. The van der Waals surface area contributed by atoms with Crippen molar-refractivity contribution in [3.8, 4) is 0 Å². The number of rotatable bonds is 14. The normalized spacial score (nSPS) is 25.4. The van der Waals surface area contributed by atoms with Gasteiger partial charge in [-0.1, -0.05) is 67.1 Å². The van der Waals surface area contributed by atoms with E-state index in [1.807, 2.05) is 60.7 Å². The zero-order chi connectivity index (χ0) is 26.6. The summed E-state index contributed by atoms with van der Waals surface area (Å²) in [6, 6.07) is 20.1. The number of ether oxygens (including phenoxy) is 3. The van der Waals surface area contributed by atoms with Crippen molar-refractivity contribution in [1.29, 1.82) is 0 Å². The molecule has 0 aliphatic heterocycles. The molecule has 0 spiro atoms. The molecular weight excluding hydrogens is 480 g/mol. The van der Waals surface area contributed by atoms with Crippen LogP contribution in [-0.4, -0.2) is 42.3 Å². The van der Waals surface area contributed by atoms with Crippen molar-refractivity contribution in [3.63, 3.8) is 0 Å². The van der Waals surface area contributed by atoms with E-state index in [1.165, 1.54) is 0 Å². The van der Waals surface area contributed by atoms with Gasteiger partial charge in [0, 0.05) is 19.6 Å². The Balaban J connectivity index is 1.29. The number of aliphatic hydroxyl groups excluding tert-OH is 1. The first-order chi connectivity index (χ1) is 18.6. The molecule has 4 rings (SSSR count). The molecule has 2 aliphatic rings. The van der Waals surface area contributed by atoms with E-state index in [9.17, 15) is 14.7 Å². The summed E-state index contributed by atoms with van der Waals surface area (Å²) in [5.74, 6) is -1.14. The van der Waals surface area contributed by atoms with Gasteiger partial charge < -0.3 is 19.3 Å². The number of hydrogen-bond acceptors (Lipinski definition) is 6. The van der Waals surface area contributed by atoms with E-state index >= 15 is 0 Å². The lowest BCUT2D eigenvalue weighted by Crippen LogP contribution is -2.38. The van der Waals surface area contributed by atoms with Crippen LogP contribution in [0.25, 0.3) is 0 Å². The summed E-state index contributed by atoms with van der Waals surface area (Å²) >= 11 is 0. The largest absolute Gasteiger partial charge is 0.459 e. The Bertz CT molecular complexity index is 978. The molecule has 2 aromatic carbocycles. The smallest absolute Gasteiger partial charge is 0.317 e. The van der Waals surface area contributed by atoms with Crippen LogP contribution < -0.4 is 0 Å². The van der Waals surface area contributed by atoms with Gasteiger partial charge in [0.1, 0.15) is 17.8 Å². The molecule has 6 heteroatoms. The maximum absolute atomic E-state index is 13.2. The van der Waals surface area contributed by atoms with Crippen LogP contribution in [0.4, 0.5) is 0 Å². The average Bonchev–Trinajstić information content (AvgIpc) is 3.25. The molecule has 5 atom stereocenters. The predicted octanol–water partition coefficient (Wildman–Crippen LogP) is 5.65. The Morgan fingerprint density at radius 3 is 2.00 bits per heavy atom. The van der Waals surface area contributed by atoms with Crippen LogP contribution in [0.1, 0.15) is 68.9 Å². The van der Waals surface area contributed by atoms with Crippen molar-refractivity contribution >= 4 is 11.8 Å². The Morgan fingerprint density at radius 1 is 0.816 bits per heavy atom. The minimum absolute atomic E-state index is 0.0225. The van der Waals surface area contributed by atoms with Gasteiger partial charge in [-0.05, 0) is 67.9 Å². The zero-order valence-corrected chi connectivity index (χ0v) is 22.3. The van der Waals surface area contributed by atoms with E-state index in [4.69, 9.17) is 14.2 Å². The maximum atomic E-state index is 13.2. The van der Waals surface area contributed by atoms with Gasteiger partial charge >= 0.3 is 5.97 Å². The second-order valence-electron chi connectivity index (χ2n) is 10.8. The molecule has 0 bridgehead atoms. The summed E-state index contributed by atoms with van der Waals surface area (Å²) in [6.45, 7) is 2.33. The van der Waals surface area contributed by atoms with Gasteiger partial charge in [-0.25, -0.2) is 0 Å². The van der Waals surface area contributed by atoms with E-state index in [1.54, 1.807) is 0 Å².